The summed E-state index contributed by atoms with van der Waals surface area (Å²) in [5.74, 6) is 0.296. The van der Waals surface area contributed by atoms with Crippen molar-refractivity contribution in [2.45, 2.75) is 32.3 Å². The normalized spacial score (nSPS) is 24.9. The fourth-order valence-corrected chi connectivity index (χ4v) is 2.77. The first-order chi connectivity index (χ1) is 9.29. The second-order valence-electron chi connectivity index (χ2n) is 5.43. The molecule has 0 spiro atoms. The maximum atomic E-state index is 11.8. The summed E-state index contributed by atoms with van der Waals surface area (Å²) in [6, 6.07) is 0. The van der Waals surface area contributed by atoms with Crippen LogP contribution in [0.3, 0.4) is 0 Å². The average molecular weight is 269 g/mol. The van der Waals surface area contributed by atoms with E-state index in [0.29, 0.717) is 12.3 Å². The maximum absolute atomic E-state index is 11.8. The van der Waals surface area contributed by atoms with Gasteiger partial charge in [0.15, 0.2) is 0 Å². The van der Waals surface area contributed by atoms with Crippen molar-refractivity contribution in [3.8, 4) is 0 Å². The smallest absolute Gasteiger partial charge is 0.223 e. The van der Waals surface area contributed by atoms with Crippen LogP contribution < -0.4 is 5.32 Å². The third-order valence-electron chi connectivity index (χ3n) is 4.02. The molecule has 5 nitrogen and oxygen atoms in total. The summed E-state index contributed by atoms with van der Waals surface area (Å²) in [5.41, 5.74) is 0. The molecule has 0 bridgehead atoms. The van der Waals surface area contributed by atoms with Crippen molar-refractivity contribution < 1.29 is 9.53 Å². The van der Waals surface area contributed by atoms with Crippen LogP contribution in [0.25, 0.3) is 0 Å². The van der Waals surface area contributed by atoms with Crippen LogP contribution >= 0.6 is 0 Å². The van der Waals surface area contributed by atoms with Gasteiger partial charge < -0.3 is 15.0 Å². The standard InChI is InChI=1S/C14H27N3O2/c1-2-16-9-10-19-13(12-16)11-15-6-5-14(18)17-7-3-4-8-17/h13,15H,2-12H2,1H3. The van der Waals surface area contributed by atoms with E-state index in [9.17, 15) is 4.79 Å². The highest BCUT2D eigenvalue weighted by molar-refractivity contribution is 5.76. The minimum Gasteiger partial charge on any atom is -0.374 e. The number of hydrogen-bond donors (Lipinski definition) is 1. The first kappa shape index (κ1) is 14.8. The number of likely N-dealkylation sites (tertiary alicyclic amines) is 1. The van der Waals surface area contributed by atoms with Gasteiger partial charge in [0.2, 0.25) is 5.91 Å². The molecule has 0 aromatic rings. The van der Waals surface area contributed by atoms with E-state index in [4.69, 9.17) is 4.74 Å². The molecule has 1 N–H and O–H groups in total. The third-order valence-corrected chi connectivity index (χ3v) is 4.02. The Balaban J connectivity index is 1.54. The zero-order chi connectivity index (χ0) is 13.5. The second-order valence-corrected chi connectivity index (χ2v) is 5.43. The fraction of sp³-hybridized carbons (Fsp3) is 0.929. The molecular formula is C14H27N3O2. The van der Waals surface area contributed by atoms with E-state index in [2.05, 4.69) is 17.1 Å². The quantitative estimate of drug-likeness (QED) is 0.705. The molecule has 2 fully saturated rings. The molecule has 2 rings (SSSR count). The largest absolute Gasteiger partial charge is 0.374 e. The van der Waals surface area contributed by atoms with Crippen LogP contribution in [-0.2, 0) is 9.53 Å². The molecule has 0 aliphatic carbocycles. The Bertz CT molecular complexity index is 280. The van der Waals surface area contributed by atoms with Crippen molar-refractivity contribution in [1.82, 2.24) is 15.1 Å². The monoisotopic (exact) mass is 269 g/mol. The molecule has 0 radical (unpaired) electrons. The summed E-state index contributed by atoms with van der Waals surface area (Å²) in [6.07, 6.45) is 3.23. The molecule has 2 aliphatic rings. The number of carbonyl (C=O) groups is 1. The lowest BCUT2D eigenvalue weighted by Gasteiger charge is -2.32. The number of nitrogens with one attached hydrogen (secondary N) is 1. The van der Waals surface area contributed by atoms with Gasteiger partial charge in [-0.3, -0.25) is 9.69 Å². The number of amides is 1. The van der Waals surface area contributed by atoms with E-state index in [1.807, 2.05) is 4.90 Å². The number of ether oxygens (including phenoxy) is 1. The van der Waals surface area contributed by atoms with Crippen LogP contribution in [0.5, 0.6) is 0 Å². The molecule has 110 valence electrons. The van der Waals surface area contributed by atoms with Crippen molar-refractivity contribution in [3.05, 3.63) is 0 Å². The van der Waals surface area contributed by atoms with Gasteiger partial charge in [-0.25, -0.2) is 0 Å². The summed E-state index contributed by atoms with van der Waals surface area (Å²) < 4.78 is 5.72. The number of carbonyl (C=O) groups excluding carboxylic acids is 1. The van der Waals surface area contributed by atoms with E-state index >= 15 is 0 Å². The molecule has 1 unspecified atom stereocenters. The lowest BCUT2D eigenvalue weighted by atomic mass is 10.2. The van der Waals surface area contributed by atoms with Gasteiger partial charge in [0.05, 0.1) is 12.7 Å². The van der Waals surface area contributed by atoms with Gasteiger partial charge in [0, 0.05) is 45.7 Å². The molecule has 0 aromatic carbocycles. The lowest BCUT2D eigenvalue weighted by molar-refractivity contribution is -0.130. The van der Waals surface area contributed by atoms with E-state index in [1.54, 1.807) is 0 Å². The molecule has 1 atom stereocenters. The van der Waals surface area contributed by atoms with E-state index in [-0.39, 0.29) is 6.10 Å². The Hall–Kier alpha value is -0.650. The minimum absolute atomic E-state index is 0.274. The van der Waals surface area contributed by atoms with Crippen LogP contribution in [0.2, 0.25) is 0 Å². The number of hydrogen-bond acceptors (Lipinski definition) is 4. The van der Waals surface area contributed by atoms with Crippen LogP contribution in [0.4, 0.5) is 0 Å². The van der Waals surface area contributed by atoms with Crippen LogP contribution in [0, 0.1) is 0 Å². The lowest BCUT2D eigenvalue weighted by Crippen LogP contribution is -2.46. The summed E-state index contributed by atoms with van der Waals surface area (Å²) in [6.45, 7) is 9.67. The van der Waals surface area contributed by atoms with Gasteiger partial charge in [-0.1, -0.05) is 6.92 Å². The van der Waals surface area contributed by atoms with Crippen molar-refractivity contribution in [2.24, 2.45) is 0 Å². The predicted molar refractivity (Wildman–Crippen MR) is 75.2 cm³/mol. The summed E-state index contributed by atoms with van der Waals surface area (Å²) in [7, 11) is 0. The molecule has 2 saturated heterocycles. The van der Waals surface area contributed by atoms with E-state index in [1.165, 1.54) is 12.8 Å². The number of likely N-dealkylation sites (N-methyl/N-ethyl adjacent to an activating group) is 1. The van der Waals surface area contributed by atoms with Gasteiger partial charge in [-0.05, 0) is 19.4 Å². The zero-order valence-corrected chi connectivity index (χ0v) is 12.1. The van der Waals surface area contributed by atoms with Crippen LogP contribution in [-0.4, -0.2) is 74.2 Å². The molecular weight excluding hydrogens is 242 g/mol. The topological polar surface area (TPSA) is 44.8 Å². The van der Waals surface area contributed by atoms with Crippen molar-refractivity contribution in [1.29, 1.82) is 0 Å². The molecule has 2 heterocycles. The Morgan fingerprint density at radius 2 is 2.11 bits per heavy atom. The molecule has 19 heavy (non-hydrogen) atoms. The summed E-state index contributed by atoms with van der Waals surface area (Å²) >= 11 is 0. The molecule has 2 aliphatic heterocycles. The summed E-state index contributed by atoms with van der Waals surface area (Å²) in [4.78, 5) is 16.2. The van der Waals surface area contributed by atoms with Gasteiger partial charge in [0.1, 0.15) is 0 Å². The van der Waals surface area contributed by atoms with Crippen LogP contribution in [0.15, 0.2) is 0 Å². The zero-order valence-electron chi connectivity index (χ0n) is 12.1. The third kappa shape index (κ3) is 4.75. The number of morpholine rings is 1. The number of rotatable bonds is 6. The first-order valence-electron chi connectivity index (χ1n) is 7.62. The van der Waals surface area contributed by atoms with Gasteiger partial charge in [-0.2, -0.15) is 0 Å². The number of nitrogens with zero attached hydrogens (tertiary/aromatic N) is 2. The fourth-order valence-electron chi connectivity index (χ4n) is 2.77. The SMILES string of the molecule is CCN1CCOC(CNCCC(=O)N2CCCC2)C1. The van der Waals surface area contributed by atoms with E-state index in [0.717, 1.165) is 52.4 Å². The molecule has 0 aromatic heterocycles. The highest BCUT2D eigenvalue weighted by atomic mass is 16.5. The molecule has 0 saturated carbocycles. The first-order valence-corrected chi connectivity index (χ1v) is 7.62. The van der Waals surface area contributed by atoms with Gasteiger partial charge in [0.25, 0.3) is 0 Å². The average Bonchev–Trinajstić information content (AvgIpc) is 2.98. The van der Waals surface area contributed by atoms with Gasteiger partial charge >= 0.3 is 0 Å². The Morgan fingerprint density at radius 1 is 1.32 bits per heavy atom. The second kappa shape index (κ2) is 7.82. The summed E-state index contributed by atoms with van der Waals surface area (Å²) in [5, 5.41) is 3.35. The highest BCUT2D eigenvalue weighted by Gasteiger charge is 2.20. The molecule has 1 amide bonds. The van der Waals surface area contributed by atoms with Crippen molar-refractivity contribution in [2.75, 3.05) is 52.4 Å². The Kier molecular flexibility index (Phi) is 6.07. The predicted octanol–water partition coefficient (Wildman–Crippen LogP) is 0.309. The van der Waals surface area contributed by atoms with Crippen molar-refractivity contribution >= 4 is 5.91 Å². The van der Waals surface area contributed by atoms with Gasteiger partial charge in [-0.15, -0.1) is 0 Å². The Labute approximate surface area is 116 Å². The van der Waals surface area contributed by atoms with E-state index < -0.39 is 0 Å². The van der Waals surface area contributed by atoms with Crippen LogP contribution in [0.1, 0.15) is 26.2 Å². The highest BCUT2D eigenvalue weighted by Crippen LogP contribution is 2.08. The molecule has 5 heteroatoms. The Morgan fingerprint density at radius 3 is 2.84 bits per heavy atom. The van der Waals surface area contributed by atoms with Crippen molar-refractivity contribution in [3.63, 3.8) is 0 Å². The maximum Gasteiger partial charge on any atom is 0.223 e. The minimum atomic E-state index is 0.274.